The van der Waals surface area contributed by atoms with Crippen molar-refractivity contribution in [2.75, 3.05) is 31.3 Å². The molecule has 1 fully saturated rings. The number of anilines is 1. The van der Waals surface area contributed by atoms with Crippen LogP contribution in [0.25, 0.3) is 0 Å². The van der Waals surface area contributed by atoms with Crippen LogP contribution in [0.3, 0.4) is 0 Å². The lowest BCUT2D eigenvalue weighted by atomic mass is 10.1. The number of carbonyl (C=O) groups excluding carboxylic acids is 2. The Kier molecular flexibility index (Phi) is 5.74. The predicted octanol–water partition coefficient (Wildman–Crippen LogP) is 0.445. The van der Waals surface area contributed by atoms with E-state index in [1.807, 2.05) is 6.92 Å². The first-order valence-electron chi connectivity index (χ1n) is 7.27. The summed E-state index contributed by atoms with van der Waals surface area (Å²) in [6.45, 7) is 3.96. The summed E-state index contributed by atoms with van der Waals surface area (Å²) in [5, 5.41) is 0. The molecule has 1 atom stereocenters. The summed E-state index contributed by atoms with van der Waals surface area (Å²) < 4.78 is 10.7. The van der Waals surface area contributed by atoms with Crippen LogP contribution in [0.1, 0.15) is 13.3 Å². The highest BCUT2D eigenvalue weighted by Crippen LogP contribution is 2.26. The number of ether oxygens (including phenoxy) is 2. The fourth-order valence-corrected chi connectivity index (χ4v) is 2.34. The zero-order chi connectivity index (χ0) is 15.9. The molecule has 7 nitrogen and oxygen atoms in total. The van der Waals surface area contributed by atoms with E-state index in [1.54, 1.807) is 29.2 Å². The first-order chi connectivity index (χ1) is 10.7. The molecule has 0 bridgehead atoms. The Bertz CT molecular complexity index is 518. The molecule has 2 rings (SSSR count). The van der Waals surface area contributed by atoms with Crippen LogP contribution in [0.2, 0.25) is 0 Å². The Labute approximate surface area is 129 Å². The normalized spacial score (nSPS) is 17.6. The smallest absolute Gasteiger partial charge is 0.239 e. The summed E-state index contributed by atoms with van der Waals surface area (Å²) in [5.74, 6) is 5.03. The van der Waals surface area contributed by atoms with Crippen molar-refractivity contribution in [2.24, 2.45) is 11.8 Å². The van der Waals surface area contributed by atoms with Crippen LogP contribution >= 0.6 is 0 Å². The molecular weight excluding hydrogens is 286 g/mol. The molecule has 1 saturated heterocycles. The molecule has 0 spiro atoms. The van der Waals surface area contributed by atoms with Crippen molar-refractivity contribution >= 4 is 17.5 Å². The van der Waals surface area contributed by atoms with Gasteiger partial charge in [-0.15, -0.1) is 0 Å². The molecule has 0 radical (unpaired) electrons. The van der Waals surface area contributed by atoms with Crippen LogP contribution in [0.4, 0.5) is 5.69 Å². The number of nitrogens with zero attached hydrogens (tertiary/aromatic N) is 1. The molecule has 1 aliphatic heterocycles. The molecule has 0 aliphatic carbocycles. The molecule has 7 heteroatoms. The van der Waals surface area contributed by atoms with Gasteiger partial charge < -0.3 is 14.4 Å². The summed E-state index contributed by atoms with van der Waals surface area (Å²) in [7, 11) is 0. The first-order valence-corrected chi connectivity index (χ1v) is 7.27. The molecule has 1 unspecified atom stereocenters. The summed E-state index contributed by atoms with van der Waals surface area (Å²) in [4.78, 5) is 25.1. The van der Waals surface area contributed by atoms with E-state index in [4.69, 9.17) is 15.3 Å². The monoisotopic (exact) mass is 307 g/mol. The molecule has 2 amide bonds. The number of hydrogen-bond donors (Lipinski definition) is 2. The van der Waals surface area contributed by atoms with E-state index in [-0.39, 0.29) is 18.2 Å². The third-order valence-electron chi connectivity index (χ3n) is 3.49. The van der Waals surface area contributed by atoms with Crippen molar-refractivity contribution in [3.63, 3.8) is 0 Å². The van der Waals surface area contributed by atoms with Gasteiger partial charge in [-0.3, -0.25) is 15.0 Å². The van der Waals surface area contributed by atoms with E-state index >= 15 is 0 Å². The van der Waals surface area contributed by atoms with Gasteiger partial charge in [0.25, 0.3) is 0 Å². The molecule has 1 aromatic carbocycles. The lowest BCUT2D eigenvalue weighted by Crippen LogP contribution is -2.37. The van der Waals surface area contributed by atoms with E-state index in [0.717, 1.165) is 5.69 Å². The summed E-state index contributed by atoms with van der Waals surface area (Å²) in [5.41, 5.74) is 2.84. The third kappa shape index (κ3) is 3.96. The van der Waals surface area contributed by atoms with E-state index in [1.165, 1.54) is 0 Å². The van der Waals surface area contributed by atoms with Gasteiger partial charge in [-0.1, -0.05) is 0 Å². The Morgan fingerprint density at radius 3 is 2.73 bits per heavy atom. The van der Waals surface area contributed by atoms with E-state index in [9.17, 15) is 9.59 Å². The number of nitrogens with two attached hydrogens (primary N) is 1. The number of rotatable bonds is 7. The van der Waals surface area contributed by atoms with Crippen LogP contribution < -0.4 is 20.9 Å². The Balaban J connectivity index is 1.93. The minimum absolute atomic E-state index is 0.0846. The van der Waals surface area contributed by atoms with Crippen LogP contribution in [-0.2, 0) is 14.3 Å². The fraction of sp³-hybridized carbons (Fsp3) is 0.467. The van der Waals surface area contributed by atoms with Gasteiger partial charge in [0.2, 0.25) is 11.8 Å². The molecule has 1 heterocycles. The van der Waals surface area contributed by atoms with Gasteiger partial charge in [-0.2, -0.15) is 0 Å². The number of hydrogen-bond acceptors (Lipinski definition) is 5. The summed E-state index contributed by atoms with van der Waals surface area (Å²) in [6.07, 6.45) is 0.176. The lowest BCUT2D eigenvalue weighted by Gasteiger charge is -2.17. The molecule has 120 valence electrons. The highest BCUT2D eigenvalue weighted by Gasteiger charge is 2.34. The minimum atomic E-state index is -0.403. The van der Waals surface area contributed by atoms with Crippen LogP contribution in [0, 0.1) is 5.92 Å². The van der Waals surface area contributed by atoms with Gasteiger partial charge in [-0.25, -0.2) is 5.84 Å². The average Bonchev–Trinajstić information content (AvgIpc) is 2.93. The number of hydrazine groups is 1. The molecule has 1 aliphatic rings. The molecule has 0 saturated carbocycles. The molecule has 0 aromatic heterocycles. The Hall–Kier alpha value is -2.12. The number of nitrogens with one attached hydrogen (secondary N) is 1. The topological polar surface area (TPSA) is 93.9 Å². The standard InChI is InChI=1S/C15H21N3O4/c1-2-21-7-8-22-13-5-3-12(4-6-13)18-10-11(9-14(18)19)15(20)17-16/h3-6,11H,2,7-10,16H2,1H3,(H,17,20). The van der Waals surface area contributed by atoms with Crippen LogP contribution in [0.5, 0.6) is 5.75 Å². The van der Waals surface area contributed by atoms with Crippen LogP contribution in [0.15, 0.2) is 24.3 Å². The SMILES string of the molecule is CCOCCOc1ccc(N2CC(C(=O)NN)CC2=O)cc1. The van der Waals surface area contributed by atoms with Crippen LogP contribution in [-0.4, -0.2) is 38.2 Å². The van der Waals surface area contributed by atoms with Crippen molar-refractivity contribution in [3.8, 4) is 5.75 Å². The predicted molar refractivity (Wildman–Crippen MR) is 81.2 cm³/mol. The van der Waals surface area contributed by atoms with Crippen molar-refractivity contribution in [1.29, 1.82) is 0 Å². The minimum Gasteiger partial charge on any atom is -0.491 e. The van der Waals surface area contributed by atoms with Gasteiger partial charge in [0.15, 0.2) is 0 Å². The number of carbonyl (C=O) groups is 2. The van der Waals surface area contributed by atoms with Gasteiger partial charge in [0, 0.05) is 25.3 Å². The largest absolute Gasteiger partial charge is 0.491 e. The highest BCUT2D eigenvalue weighted by molar-refractivity contribution is 6.00. The second-order valence-corrected chi connectivity index (χ2v) is 4.95. The summed E-state index contributed by atoms with van der Waals surface area (Å²) >= 11 is 0. The molecule has 1 aromatic rings. The van der Waals surface area contributed by atoms with Crippen molar-refractivity contribution in [1.82, 2.24) is 5.43 Å². The van der Waals surface area contributed by atoms with Crippen molar-refractivity contribution in [2.45, 2.75) is 13.3 Å². The molecule has 22 heavy (non-hydrogen) atoms. The zero-order valence-corrected chi connectivity index (χ0v) is 12.6. The highest BCUT2D eigenvalue weighted by atomic mass is 16.5. The Morgan fingerprint density at radius 1 is 1.36 bits per heavy atom. The molecular formula is C15H21N3O4. The summed E-state index contributed by atoms with van der Waals surface area (Å²) in [6, 6.07) is 7.20. The maximum Gasteiger partial charge on any atom is 0.239 e. The van der Waals surface area contributed by atoms with Crippen molar-refractivity contribution < 1.29 is 19.1 Å². The van der Waals surface area contributed by atoms with E-state index < -0.39 is 5.92 Å². The zero-order valence-electron chi connectivity index (χ0n) is 12.6. The van der Waals surface area contributed by atoms with Gasteiger partial charge in [0.1, 0.15) is 12.4 Å². The van der Waals surface area contributed by atoms with Gasteiger partial charge in [-0.05, 0) is 31.2 Å². The number of benzene rings is 1. The number of amides is 2. The Morgan fingerprint density at radius 2 is 2.09 bits per heavy atom. The van der Waals surface area contributed by atoms with Gasteiger partial charge in [0.05, 0.1) is 12.5 Å². The van der Waals surface area contributed by atoms with E-state index in [2.05, 4.69) is 5.43 Å². The fourth-order valence-electron chi connectivity index (χ4n) is 2.34. The second-order valence-electron chi connectivity index (χ2n) is 4.95. The second kappa shape index (κ2) is 7.77. The van der Waals surface area contributed by atoms with Crippen molar-refractivity contribution in [3.05, 3.63) is 24.3 Å². The average molecular weight is 307 g/mol. The van der Waals surface area contributed by atoms with Gasteiger partial charge >= 0.3 is 0 Å². The third-order valence-corrected chi connectivity index (χ3v) is 3.49. The maximum absolute atomic E-state index is 12.0. The lowest BCUT2D eigenvalue weighted by molar-refractivity contribution is -0.126. The first kappa shape index (κ1) is 16.3. The maximum atomic E-state index is 12.0. The quantitative estimate of drug-likeness (QED) is 0.330. The molecule has 3 N–H and O–H groups in total. The van der Waals surface area contributed by atoms with E-state index in [0.29, 0.717) is 32.1 Å².